The average molecular weight is 246 g/mol. The van der Waals surface area contributed by atoms with Gasteiger partial charge in [-0.05, 0) is 44.0 Å². The van der Waals surface area contributed by atoms with Crippen LogP contribution in [0.25, 0.3) is 0 Å². The summed E-state index contributed by atoms with van der Waals surface area (Å²) < 4.78 is 5.70. The first-order valence-corrected chi connectivity index (χ1v) is 6.48. The van der Waals surface area contributed by atoms with E-state index >= 15 is 0 Å². The second-order valence-corrected chi connectivity index (χ2v) is 5.03. The van der Waals surface area contributed by atoms with Gasteiger partial charge in [-0.3, -0.25) is 4.79 Å². The van der Waals surface area contributed by atoms with Crippen LogP contribution in [0.15, 0.2) is 18.2 Å². The summed E-state index contributed by atoms with van der Waals surface area (Å²) in [7, 11) is 1.80. The summed E-state index contributed by atoms with van der Waals surface area (Å²) in [6.45, 7) is 2.87. The molecule has 0 aliphatic carbocycles. The molecular weight excluding hydrogens is 228 g/mol. The molecule has 4 nitrogen and oxygen atoms in total. The largest absolute Gasteiger partial charge is 0.479 e. The van der Waals surface area contributed by atoms with Gasteiger partial charge in [-0.2, -0.15) is 0 Å². The number of rotatable bonds is 1. The molecule has 1 N–H and O–H groups in total. The molecule has 0 radical (unpaired) electrons. The first-order chi connectivity index (χ1) is 8.66. The van der Waals surface area contributed by atoms with Crippen LogP contribution in [0, 0.1) is 0 Å². The van der Waals surface area contributed by atoms with Gasteiger partial charge in [0.15, 0.2) is 6.10 Å². The van der Waals surface area contributed by atoms with E-state index in [2.05, 4.69) is 17.4 Å². The molecule has 0 spiro atoms. The quantitative estimate of drug-likeness (QED) is 0.822. The van der Waals surface area contributed by atoms with E-state index in [1.165, 1.54) is 18.4 Å². The first kappa shape index (κ1) is 11.5. The van der Waals surface area contributed by atoms with Gasteiger partial charge in [0, 0.05) is 13.1 Å². The normalized spacial score (nSPS) is 27.0. The van der Waals surface area contributed by atoms with Gasteiger partial charge in [-0.25, -0.2) is 0 Å². The van der Waals surface area contributed by atoms with E-state index in [1.807, 2.05) is 6.07 Å². The van der Waals surface area contributed by atoms with Crippen LogP contribution in [-0.2, 0) is 4.79 Å². The van der Waals surface area contributed by atoms with Crippen molar-refractivity contribution in [1.82, 2.24) is 5.32 Å². The minimum Gasteiger partial charge on any atom is -0.479 e. The van der Waals surface area contributed by atoms with E-state index in [1.54, 1.807) is 18.9 Å². The molecule has 3 rings (SSSR count). The van der Waals surface area contributed by atoms with Crippen molar-refractivity contribution < 1.29 is 9.53 Å². The molecule has 0 aromatic heterocycles. The SMILES string of the molecule is CC1Oc2cc(C3CCCN3)ccc2N(C)C1=O. The van der Waals surface area contributed by atoms with Crippen LogP contribution in [0.5, 0.6) is 5.75 Å². The van der Waals surface area contributed by atoms with Crippen LogP contribution in [0.2, 0.25) is 0 Å². The molecule has 4 heteroatoms. The highest BCUT2D eigenvalue weighted by atomic mass is 16.5. The summed E-state index contributed by atoms with van der Waals surface area (Å²) in [5, 5.41) is 3.47. The monoisotopic (exact) mass is 246 g/mol. The number of anilines is 1. The van der Waals surface area contributed by atoms with Crippen LogP contribution in [0.3, 0.4) is 0 Å². The molecular formula is C14H18N2O2. The number of carbonyl (C=O) groups is 1. The number of hydrogen-bond acceptors (Lipinski definition) is 3. The second kappa shape index (κ2) is 4.28. The molecule has 2 aliphatic heterocycles. The van der Waals surface area contributed by atoms with Crippen molar-refractivity contribution in [3.05, 3.63) is 23.8 Å². The smallest absolute Gasteiger partial charge is 0.267 e. The lowest BCUT2D eigenvalue weighted by molar-refractivity contribution is -0.125. The Morgan fingerprint density at radius 3 is 3.00 bits per heavy atom. The maximum Gasteiger partial charge on any atom is 0.267 e. The fourth-order valence-electron chi connectivity index (χ4n) is 2.72. The third kappa shape index (κ3) is 1.77. The van der Waals surface area contributed by atoms with Gasteiger partial charge in [0.25, 0.3) is 5.91 Å². The average Bonchev–Trinajstić information content (AvgIpc) is 2.89. The van der Waals surface area contributed by atoms with Crippen molar-refractivity contribution in [3.8, 4) is 5.75 Å². The Kier molecular flexibility index (Phi) is 2.74. The standard InChI is InChI=1S/C14H18N2O2/c1-9-14(17)16(2)12-6-5-10(8-13(12)18-9)11-4-3-7-15-11/h5-6,8-9,11,15H,3-4,7H2,1-2H3. The maximum atomic E-state index is 11.8. The molecule has 0 bridgehead atoms. The van der Waals surface area contributed by atoms with Gasteiger partial charge in [-0.1, -0.05) is 6.07 Å². The summed E-state index contributed by atoms with van der Waals surface area (Å²) in [6, 6.07) is 6.56. The minimum atomic E-state index is -0.394. The predicted octanol–water partition coefficient (Wildman–Crippen LogP) is 1.85. The Labute approximate surface area is 107 Å². The van der Waals surface area contributed by atoms with Crippen LogP contribution < -0.4 is 15.0 Å². The molecule has 2 atom stereocenters. The van der Waals surface area contributed by atoms with E-state index in [0.717, 1.165) is 18.0 Å². The zero-order valence-corrected chi connectivity index (χ0v) is 10.8. The topological polar surface area (TPSA) is 41.6 Å². The molecule has 96 valence electrons. The third-order valence-electron chi connectivity index (χ3n) is 3.79. The molecule has 0 saturated carbocycles. The molecule has 1 aromatic rings. The van der Waals surface area contributed by atoms with Gasteiger partial charge in [0.05, 0.1) is 5.69 Å². The number of nitrogens with one attached hydrogen (secondary N) is 1. The summed E-state index contributed by atoms with van der Waals surface area (Å²) in [5.41, 5.74) is 2.11. The lowest BCUT2D eigenvalue weighted by Gasteiger charge is -2.31. The maximum absolute atomic E-state index is 11.8. The van der Waals surface area contributed by atoms with Gasteiger partial charge < -0.3 is 15.0 Å². The van der Waals surface area contributed by atoms with Crippen molar-refractivity contribution in [3.63, 3.8) is 0 Å². The fraction of sp³-hybridized carbons (Fsp3) is 0.500. The number of nitrogens with zero attached hydrogens (tertiary/aromatic N) is 1. The van der Waals surface area contributed by atoms with Gasteiger partial charge in [0.2, 0.25) is 0 Å². The van der Waals surface area contributed by atoms with Crippen molar-refractivity contribution in [2.24, 2.45) is 0 Å². The highest BCUT2D eigenvalue weighted by Gasteiger charge is 2.29. The van der Waals surface area contributed by atoms with E-state index in [9.17, 15) is 4.79 Å². The molecule has 1 amide bonds. The Balaban J connectivity index is 1.95. The van der Waals surface area contributed by atoms with E-state index in [0.29, 0.717) is 6.04 Å². The number of benzene rings is 1. The summed E-state index contributed by atoms with van der Waals surface area (Å²) in [4.78, 5) is 13.5. The molecule has 18 heavy (non-hydrogen) atoms. The molecule has 2 unspecified atom stereocenters. The van der Waals surface area contributed by atoms with Crippen molar-refractivity contribution in [1.29, 1.82) is 0 Å². The predicted molar refractivity (Wildman–Crippen MR) is 69.9 cm³/mol. The van der Waals surface area contributed by atoms with Crippen molar-refractivity contribution >= 4 is 11.6 Å². The van der Waals surface area contributed by atoms with Crippen LogP contribution in [0.1, 0.15) is 31.4 Å². The first-order valence-electron chi connectivity index (χ1n) is 6.48. The van der Waals surface area contributed by atoms with E-state index < -0.39 is 6.10 Å². The lowest BCUT2D eigenvalue weighted by Crippen LogP contribution is -2.42. The molecule has 2 aliphatic rings. The number of likely N-dealkylation sites (N-methyl/N-ethyl adjacent to an activating group) is 1. The molecule has 1 aromatic carbocycles. The molecule has 1 fully saturated rings. The summed E-state index contributed by atoms with van der Waals surface area (Å²) in [5.74, 6) is 0.824. The third-order valence-corrected chi connectivity index (χ3v) is 3.79. The Hall–Kier alpha value is -1.55. The summed E-state index contributed by atoms with van der Waals surface area (Å²) >= 11 is 0. The van der Waals surface area contributed by atoms with Gasteiger partial charge in [-0.15, -0.1) is 0 Å². The number of amides is 1. The van der Waals surface area contributed by atoms with Gasteiger partial charge >= 0.3 is 0 Å². The lowest BCUT2D eigenvalue weighted by atomic mass is 10.0. The second-order valence-electron chi connectivity index (χ2n) is 5.03. The Morgan fingerprint density at radius 2 is 2.28 bits per heavy atom. The Bertz CT molecular complexity index is 481. The minimum absolute atomic E-state index is 0.00856. The van der Waals surface area contributed by atoms with Crippen LogP contribution in [-0.4, -0.2) is 25.6 Å². The number of ether oxygens (including phenoxy) is 1. The van der Waals surface area contributed by atoms with Crippen molar-refractivity contribution in [2.75, 3.05) is 18.5 Å². The van der Waals surface area contributed by atoms with E-state index in [-0.39, 0.29) is 5.91 Å². The van der Waals surface area contributed by atoms with Crippen LogP contribution >= 0.6 is 0 Å². The number of fused-ring (bicyclic) bond motifs is 1. The van der Waals surface area contributed by atoms with E-state index in [4.69, 9.17) is 4.74 Å². The molecule has 2 heterocycles. The van der Waals surface area contributed by atoms with Gasteiger partial charge in [0.1, 0.15) is 5.75 Å². The number of carbonyl (C=O) groups excluding carboxylic acids is 1. The highest BCUT2D eigenvalue weighted by Crippen LogP contribution is 2.36. The zero-order chi connectivity index (χ0) is 12.7. The van der Waals surface area contributed by atoms with Crippen LogP contribution in [0.4, 0.5) is 5.69 Å². The Morgan fingerprint density at radius 1 is 1.44 bits per heavy atom. The van der Waals surface area contributed by atoms with Crippen molar-refractivity contribution in [2.45, 2.75) is 31.9 Å². The number of hydrogen-bond donors (Lipinski definition) is 1. The zero-order valence-electron chi connectivity index (χ0n) is 10.8. The summed E-state index contributed by atoms with van der Waals surface area (Å²) in [6.07, 6.45) is 2.00. The molecule has 1 saturated heterocycles. The fourth-order valence-corrected chi connectivity index (χ4v) is 2.72. The highest BCUT2D eigenvalue weighted by molar-refractivity contribution is 5.99.